The number of hydrogen-bond donors (Lipinski definition) is 1. The number of ether oxygens (including phenoxy) is 1. The van der Waals surface area contributed by atoms with E-state index in [1.807, 2.05) is 31.2 Å². The Balaban J connectivity index is 1.53. The number of benzene rings is 1. The Morgan fingerprint density at radius 3 is 2.77 bits per heavy atom. The summed E-state index contributed by atoms with van der Waals surface area (Å²) in [7, 11) is 0. The molecule has 1 atom stereocenters. The first kappa shape index (κ1) is 19.3. The molecular formula is C21H16F3N5O2. The van der Waals surface area contributed by atoms with Crippen LogP contribution in [0.15, 0.2) is 36.5 Å². The van der Waals surface area contributed by atoms with E-state index in [0.29, 0.717) is 16.8 Å². The van der Waals surface area contributed by atoms with Gasteiger partial charge in [0.2, 0.25) is 0 Å². The van der Waals surface area contributed by atoms with E-state index in [4.69, 9.17) is 4.74 Å². The zero-order chi connectivity index (χ0) is 21.9. The average Bonchev–Trinajstić information content (AvgIpc) is 3.29. The summed E-state index contributed by atoms with van der Waals surface area (Å²) in [5.74, 6) is 0.0552. The van der Waals surface area contributed by atoms with Gasteiger partial charge in [0.25, 0.3) is 0 Å². The number of halogens is 3. The summed E-state index contributed by atoms with van der Waals surface area (Å²) in [6.45, 7) is 3.66. The summed E-state index contributed by atoms with van der Waals surface area (Å²) in [5.41, 5.74) is 2.12. The lowest BCUT2D eigenvalue weighted by Crippen LogP contribution is -2.33. The van der Waals surface area contributed by atoms with Crippen molar-refractivity contribution in [1.82, 2.24) is 25.1 Å². The number of aromatic nitrogens is 4. The molecule has 0 radical (unpaired) electrons. The number of alkyl halides is 3. The fourth-order valence-electron chi connectivity index (χ4n) is 3.95. The molecule has 10 heteroatoms. The lowest BCUT2D eigenvalue weighted by molar-refractivity contribution is -0.141. The topological polar surface area (TPSA) is 81.9 Å². The zero-order valence-corrected chi connectivity index (χ0v) is 16.5. The van der Waals surface area contributed by atoms with E-state index in [1.165, 1.54) is 4.68 Å². The number of carbonyl (C=O) groups excluding carboxylic acids is 1. The van der Waals surface area contributed by atoms with E-state index in [-0.39, 0.29) is 12.4 Å². The standard InChI is InChI=1S/C21H16F3N5O2/c1-10-18-11(2)28-29(19(18)12-5-3-4-6-14(12)26-10)20(30)27-15-9-31-16-7-17(21(22,23)24)25-8-13(15)16/h3-8,15H,9H2,1-2H3,(H,27,30)/t15-/m0/s1. The van der Waals surface area contributed by atoms with Crippen LogP contribution in [0.5, 0.6) is 5.75 Å². The molecule has 0 bridgehead atoms. The minimum Gasteiger partial charge on any atom is -0.491 e. The van der Waals surface area contributed by atoms with E-state index < -0.39 is 23.9 Å². The number of aryl methyl sites for hydroxylation is 2. The Morgan fingerprint density at radius 2 is 2.00 bits per heavy atom. The molecule has 0 spiro atoms. The number of hydrogen-bond acceptors (Lipinski definition) is 5. The highest BCUT2D eigenvalue weighted by Crippen LogP contribution is 2.37. The lowest BCUT2D eigenvalue weighted by Gasteiger charge is -2.13. The smallest absolute Gasteiger partial charge is 0.433 e. The van der Waals surface area contributed by atoms with Crippen LogP contribution in [0.2, 0.25) is 0 Å². The van der Waals surface area contributed by atoms with Gasteiger partial charge in [-0.25, -0.2) is 4.79 Å². The molecule has 4 aromatic rings. The third-order valence-electron chi connectivity index (χ3n) is 5.33. The second-order valence-electron chi connectivity index (χ2n) is 7.35. The van der Waals surface area contributed by atoms with Crippen LogP contribution in [-0.4, -0.2) is 32.4 Å². The molecule has 31 heavy (non-hydrogen) atoms. The lowest BCUT2D eigenvalue weighted by atomic mass is 10.1. The normalized spacial score (nSPS) is 15.8. The molecular weight excluding hydrogens is 411 g/mol. The number of pyridine rings is 2. The van der Waals surface area contributed by atoms with E-state index >= 15 is 0 Å². The van der Waals surface area contributed by atoms with Gasteiger partial charge in [0.05, 0.1) is 22.8 Å². The molecule has 4 heterocycles. The predicted molar refractivity (Wildman–Crippen MR) is 106 cm³/mol. The maximum atomic E-state index is 13.1. The van der Waals surface area contributed by atoms with E-state index in [1.54, 1.807) is 6.92 Å². The Hall–Kier alpha value is -3.69. The fourth-order valence-corrected chi connectivity index (χ4v) is 3.95. The van der Waals surface area contributed by atoms with Crippen LogP contribution in [0.25, 0.3) is 21.8 Å². The second kappa shape index (κ2) is 6.66. The van der Waals surface area contributed by atoms with Gasteiger partial charge in [-0.3, -0.25) is 9.97 Å². The molecule has 1 amide bonds. The molecule has 1 aliphatic rings. The number of nitrogens with zero attached hydrogens (tertiary/aromatic N) is 4. The van der Waals surface area contributed by atoms with Gasteiger partial charge in [-0.1, -0.05) is 18.2 Å². The van der Waals surface area contributed by atoms with E-state index in [2.05, 4.69) is 20.4 Å². The van der Waals surface area contributed by atoms with Crippen molar-refractivity contribution >= 4 is 27.8 Å². The van der Waals surface area contributed by atoms with Crippen molar-refractivity contribution in [2.75, 3.05) is 6.61 Å². The summed E-state index contributed by atoms with van der Waals surface area (Å²) >= 11 is 0. The SMILES string of the molecule is Cc1nc2ccccc2c2c1c(C)nn2C(=O)N[C@H]1COc2cc(C(F)(F)F)ncc21. The van der Waals surface area contributed by atoms with Crippen molar-refractivity contribution in [3.63, 3.8) is 0 Å². The third-order valence-corrected chi connectivity index (χ3v) is 5.33. The Kier molecular flexibility index (Phi) is 4.14. The molecule has 0 fully saturated rings. The van der Waals surface area contributed by atoms with Crippen molar-refractivity contribution < 1.29 is 22.7 Å². The number of carbonyl (C=O) groups is 1. The van der Waals surface area contributed by atoms with Crippen LogP contribution in [0.3, 0.4) is 0 Å². The van der Waals surface area contributed by atoms with Crippen LogP contribution in [0.4, 0.5) is 18.0 Å². The van der Waals surface area contributed by atoms with Crippen molar-refractivity contribution in [3.8, 4) is 5.75 Å². The van der Waals surface area contributed by atoms with Crippen LogP contribution < -0.4 is 10.1 Å². The number of nitrogens with one attached hydrogen (secondary N) is 1. The van der Waals surface area contributed by atoms with Gasteiger partial charge in [-0.2, -0.15) is 23.0 Å². The number of para-hydroxylation sites is 1. The maximum absolute atomic E-state index is 13.1. The molecule has 1 aromatic carbocycles. The largest absolute Gasteiger partial charge is 0.491 e. The molecule has 5 rings (SSSR count). The van der Waals surface area contributed by atoms with Gasteiger partial charge in [0, 0.05) is 34.3 Å². The van der Waals surface area contributed by atoms with Gasteiger partial charge < -0.3 is 10.1 Å². The van der Waals surface area contributed by atoms with Crippen LogP contribution in [0, 0.1) is 13.8 Å². The molecule has 0 unspecified atom stereocenters. The predicted octanol–water partition coefficient (Wildman–Crippen LogP) is 4.31. The summed E-state index contributed by atoms with van der Waals surface area (Å²) in [6.07, 6.45) is -3.48. The highest BCUT2D eigenvalue weighted by Gasteiger charge is 2.36. The van der Waals surface area contributed by atoms with Crippen molar-refractivity contribution in [2.24, 2.45) is 0 Å². The summed E-state index contributed by atoms with van der Waals surface area (Å²) in [5, 5.41) is 8.76. The Morgan fingerprint density at radius 1 is 1.23 bits per heavy atom. The minimum absolute atomic E-state index is 0.00355. The highest BCUT2D eigenvalue weighted by molar-refractivity contribution is 6.08. The van der Waals surface area contributed by atoms with Crippen molar-refractivity contribution in [3.05, 3.63) is 59.2 Å². The third kappa shape index (κ3) is 3.06. The monoisotopic (exact) mass is 427 g/mol. The quantitative estimate of drug-likeness (QED) is 0.490. The molecule has 1 aliphatic heterocycles. The van der Waals surface area contributed by atoms with Gasteiger partial charge in [0.15, 0.2) is 0 Å². The van der Waals surface area contributed by atoms with Crippen molar-refractivity contribution in [1.29, 1.82) is 0 Å². The van der Waals surface area contributed by atoms with Gasteiger partial charge in [-0.15, -0.1) is 0 Å². The second-order valence-corrected chi connectivity index (χ2v) is 7.35. The first-order chi connectivity index (χ1) is 14.7. The number of amides is 1. The van der Waals surface area contributed by atoms with Crippen LogP contribution >= 0.6 is 0 Å². The van der Waals surface area contributed by atoms with E-state index in [0.717, 1.165) is 34.2 Å². The maximum Gasteiger partial charge on any atom is 0.433 e. The minimum atomic E-state index is -4.57. The summed E-state index contributed by atoms with van der Waals surface area (Å²) in [4.78, 5) is 21.2. The summed E-state index contributed by atoms with van der Waals surface area (Å²) < 4.78 is 45.3. The number of fused-ring (bicyclic) bond motifs is 4. The molecule has 1 N–H and O–H groups in total. The van der Waals surface area contributed by atoms with Crippen LogP contribution in [-0.2, 0) is 6.18 Å². The highest BCUT2D eigenvalue weighted by atomic mass is 19.4. The van der Waals surface area contributed by atoms with Gasteiger partial charge >= 0.3 is 12.2 Å². The first-order valence-corrected chi connectivity index (χ1v) is 9.49. The average molecular weight is 427 g/mol. The molecule has 7 nitrogen and oxygen atoms in total. The van der Waals surface area contributed by atoms with Crippen molar-refractivity contribution in [2.45, 2.75) is 26.1 Å². The molecule has 0 aliphatic carbocycles. The molecule has 0 saturated heterocycles. The van der Waals surface area contributed by atoms with Gasteiger partial charge in [-0.05, 0) is 19.9 Å². The van der Waals surface area contributed by atoms with Crippen LogP contribution in [0.1, 0.15) is 28.7 Å². The fraction of sp³-hybridized carbons (Fsp3) is 0.238. The van der Waals surface area contributed by atoms with E-state index in [9.17, 15) is 18.0 Å². The molecule has 0 saturated carbocycles. The zero-order valence-electron chi connectivity index (χ0n) is 16.5. The number of rotatable bonds is 1. The first-order valence-electron chi connectivity index (χ1n) is 9.49. The molecule has 3 aromatic heterocycles. The summed E-state index contributed by atoms with van der Waals surface area (Å²) in [6, 6.07) is 7.12. The molecule has 158 valence electrons. The Bertz CT molecular complexity index is 1360. The van der Waals surface area contributed by atoms with Gasteiger partial charge in [0.1, 0.15) is 18.1 Å². The Labute approximate surface area is 173 Å².